The van der Waals surface area contributed by atoms with Crippen molar-refractivity contribution in [3.63, 3.8) is 0 Å². The van der Waals surface area contributed by atoms with Crippen LogP contribution in [0.15, 0.2) is 71.7 Å². The summed E-state index contributed by atoms with van der Waals surface area (Å²) in [6.45, 7) is 6.01. The molecule has 1 saturated heterocycles. The van der Waals surface area contributed by atoms with Gasteiger partial charge in [0.2, 0.25) is 0 Å². The molecule has 2 amide bonds. The van der Waals surface area contributed by atoms with Crippen molar-refractivity contribution in [1.29, 1.82) is 0 Å². The Bertz CT molecular complexity index is 1110. The van der Waals surface area contributed by atoms with Crippen molar-refractivity contribution in [1.82, 2.24) is 10.2 Å². The van der Waals surface area contributed by atoms with Crippen LogP contribution in [-0.4, -0.2) is 49.9 Å². The fourth-order valence-corrected chi connectivity index (χ4v) is 4.25. The Morgan fingerprint density at radius 2 is 1.64 bits per heavy atom. The minimum Gasteiger partial charge on any atom is -0.369 e. The van der Waals surface area contributed by atoms with Gasteiger partial charge in [-0.3, -0.25) is 9.59 Å². The molecular formula is C26H28N4O2S. The van der Waals surface area contributed by atoms with Crippen molar-refractivity contribution < 1.29 is 9.59 Å². The van der Waals surface area contributed by atoms with Gasteiger partial charge in [0.15, 0.2) is 0 Å². The van der Waals surface area contributed by atoms with E-state index in [0.717, 1.165) is 42.3 Å². The Morgan fingerprint density at radius 1 is 0.939 bits per heavy atom. The summed E-state index contributed by atoms with van der Waals surface area (Å²) in [5.74, 6) is -0.686. The number of anilines is 2. The number of carbonyl (C=O) groups is 2. The van der Waals surface area contributed by atoms with Crippen LogP contribution in [0.5, 0.6) is 0 Å². The van der Waals surface area contributed by atoms with Gasteiger partial charge in [-0.2, -0.15) is 0 Å². The smallest absolute Gasteiger partial charge is 0.272 e. The topological polar surface area (TPSA) is 64.7 Å². The zero-order valence-electron chi connectivity index (χ0n) is 18.9. The standard InChI is InChI=1S/C26H28N4O2S/c1-19-5-7-20(8-6-19)25(31)28-24(18-23-4-3-17-33-23)26(32)27-21-9-11-22(12-10-21)30-15-13-29(2)14-16-30/h3-12,17-18H,13-16H2,1-2H3,(H,27,32)(H,28,31)/b24-18-. The lowest BCUT2D eigenvalue weighted by atomic mass is 10.1. The van der Waals surface area contributed by atoms with Gasteiger partial charge in [0, 0.05) is 48.0 Å². The number of aryl methyl sites for hydroxylation is 1. The number of nitrogens with zero attached hydrogens (tertiary/aromatic N) is 2. The van der Waals surface area contributed by atoms with Crippen LogP contribution in [0.1, 0.15) is 20.8 Å². The minimum atomic E-state index is -0.365. The third kappa shape index (κ3) is 6.09. The van der Waals surface area contributed by atoms with Gasteiger partial charge in [0.25, 0.3) is 11.8 Å². The van der Waals surface area contributed by atoms with Gasteiger partial charge >= 0.3 is 0 Å². The van der Waals surface area contributed by atoms with E-state index in [0.29, 0.717) is 11.3 Å². The first-order valence-corrected chi connectivity index (χ1v) is 11.8. The molecule has 2 aromatic carbocycles. The molecule has 0 saturated carbocycles. The molecule has 2 N–H and O–H groups in total. The van der Waals surface area contributed by atoms with E-state index in [9.17, 15) is 9.59 Å². The number of piperazine rings is 1. The van der Waals surface area contributed by atoms with Gasteiger partial charge in [-0.15, -0.1) is 11.3 Å². The highest BCUT2D eigenvalue weighted by Gasteiger charge is 2.17. The summed E-state index contributed by atoms with van der Waals surface area (Å²) in [6, 6.07) is 18.9. The van der Waals surface area contributed by atoms with E-state index >= 15 is 0 Å². The first-order chi connectivity index (χ1) is 16.0. The number of carbonyl (C=O) groups excluding carboxylic acids is 2. The van der Waals surface area contributed by atoms with Gasteiger partial charge < -0.3 is 20.4 Å². The number of thiophene rings is 1. The zero-order valence-corrected chi connectivity index (χ0v) is 19.7. The summed E-state index contributed by atoms with van der Waals surface area (Å²) in [4.78, 5) is 31.4. The fraction of sp³-hybridized carbons (Fsp3) is 0.231. The SMILES string of the molecule is Cc1ccc(C(=O)N/C(=C\c2cccs2)C(=O)Nc2ccc(N3CCN(C)CC3)cc2)cc1. The van der Waals surface area contributed by atoms with Crippen molar-refractivity contribution in [2.45, 2.75) is 6.92 Å². The Labute approximate surface area is 198 Å². The average molecular weight is 461 g/mol. The first-order valence-electron chi connectivity index (χ1n) is 11.0. The molecule has 1 aliphatic rings. The summed E-state index contributed by atoms with van der Waals surface area (Å²) >= 11 is 1.50. The van der Waals surface area contributed by atoms with Gasteiger partial charge in [-0.05, 0) is 67.9 Å². The Balaban J connectivity index is 1.47. The lowest BCUT2D eigenvalue weighted by Gasteiger charge is -2.34. The molecule has 1 aromatic heterocycles. The van der Waals surface area contributed by atoms with Crippen LogP contribution in [0.3, 0.4) is 0 Å². The van der Waals surface area contributed by atoms with Crippen molar-refractivity contribution in [2.24, 2.45) is 0 Å². The van der Waals surface area contributed by atoms with Crippen molar-refractivity contribution in [2.75, 3.05) is 43.4 Å². The molecule has 0 spiro atoms. The molecule has 0 atom stereocenters. The molecular weight excluding hydrogens is 432 g/mol. The maximum atomic E-state index is 13.1. The lowest BCUT2D eigenvalue weighted by molar-refractivity contribution is -0.113. The molecule has 0 aliphatic carbocycles. The van der Waals surface area contributed by atoms with Crippen molar-refractivity contribution in [3.05, 3.63) is 87.7 Å². The molecule has 1 aliphatic heterocycles. The molecule has 170 valence electrons. The van der Waals surface area contributed by atoms with Crippen LogP contribution in [0.2, 0.25) is 0 Å². The van der Waals surface area contributed by atoms with E-state index < -0.39 is 0 Å². The molecule has 0 bridgehead atoms. The van der Waals surface area contributed by atoms with Gasteiger partial charge in [0.1, 0.15) is 5.70 Å². The summed E-state index contributed by atoms with van der Waals surface area (Å²) in [7, 11) is 2.13. The van der Waals surface area contributed by atoms with E-state index in [1.807, 2.05) is 60.8 Å². The van der Waals surface area contributed by atoms with Crippen LogP contribution in [0.25, 0.3) is 6.08 Å². The maximum absolute atomic E-state index is 13.1. The molecule has 0 radical (unpaired) electrons. The quantitative estimate of drug-likeness (QED) is 0.541. The highest BCUT2D eigenvalue weighted by Crippen LogP contribution is 2.20. The molecule has 3 aromatic rings. The summed E-state index contributed by atoms with van der Waals surface area (Å²) in [5, 5.41) is 7.63. The summed E-state index contributed by atoms with van der Waals surface area (Å²) in [5.41, 5.74) is 3.59. The second-order valence-electron chi connectivity index (χ2n) is 8.18. The van der Waals surface area contributed by atoms with Gasteiger partial charge in [-0.25, -0.2) is 0 Å². The van der Waals surface area contributed by atoms with E-state index in [4.69, 9.17) is 0 Å². The van der Waals surface area contributed by atoms with Gasteiger partial charge in [0.05, 0.1) is 0 Å². The number of hydrogen-bond donors (Lipinski definition) is 2. The third-order valence-corrected chi connectivity index (χ3v) is 6.45. The molecule has 4 rings (SSSR count). The minimum absolute atomic E-state index is 0.200. The number of hydrogen-bond acceptors (Lipinski definition) is 5. The second-order valence-corrected chi connectivity index (χ2v) is 9.16. The number of likely N-dealkylation sites (N-methyl/N-ethyl adjacent to an activating group) is 1. The van der Waals surface area contributed by atoms with E-state index in [2.05, 4.69) is 27.5 Å². The molecule has 7 heteroatoms. The first kappa shape index (κ1) is 22.8. The molecule has 2 heterocycles. The Morgan fingerprint density at radius 3 is 2.27 bits per heavy atom. The summed E-state index contributed by atoms with van der Waals surface area (Å²) < 4.78 is 0. The van der Waals surface area contributed by atoms with Crippen molar-refractivity contribution in [3.8, 4) is 0 Å². The monoisotopic (exact) mass is 460 g/mol. The summed E-state index contributed by atoms with van der Waals surface area (Å²) in [6.07, 6.45) is 1.70. The van der Waals surface area contributed by atoms with Crippen molar-refractivity contribution >= 4 is 40.6 Å². The third-order valence-electron chi connectivity index (χ3n) is 5.63. The lowest BCUT2D eigenvalue weighted by Crippen LogP contribution is -2.44. The predicted molar refractivity (Wildman–Crippen MR) is 136 cm³/mol. The van der Waals surface area contributed by atoms with E-state index in [1.165, 1.54) is 11.3 Å². The number of amides is 2. The molecule has 33 heavy (non-hydrogen) atoms. The maximum Gasteiger partial charge on any atom is 0.272 e. The number of nitrogens with one attached hydrogen (secondary N) is 2. The number of benzene rings is 2. The predicted octanol–water partition coefficient (Wildman–Crippen LogP) is 4.22. The van der Waals surface area contributed by atoms with E-state index in [-0.39, 0.29) is 17.5 Å². The highest BCUT2D eigenvalue weighted by molar-refractivity contribution is 7.10. The van der Waals surface area contributed by atoms with Gasteiger partial charge in [-0.1, -0.05) is 23.8 Å². The van der Waals surface area contributed by atoms with Crippen LogP contribution in [0.4, 0.5) is 11.4 Å². The number of rotatable bonds is 6. The normalized spacial score (nSPS) is 14.7. The van der Waals surface area contributed by atoms with Crippen LogP contribution < -0.4 is 15.5 Å². The largest absolute Gasteiger partial charge is 0.369 e. The fourth-order valence-electron chi connectivity index (χ4n) is 3.59. The van der Waals surface area contributed by atoms with Crippen LogP contribution >= 0.6 is 11.3 Å². The average Bonchev–Trinajstić information content (AvgIpc) is 3.33. The Hall–Kier alpha value is -3.42. The highest BCUT2D eigenvalue weighted by atomic mass is 32.1. The van der Waals surface area contributed by atoms with E-state index in [1.54, 1.807) is 18.2 Å². The molecule has 1 fully saturated rings. The molecule has 6 nitrogen and oxygen atoms in total. The van der Waals surface area contributed by atoms with Crippen LogP contribution in [0, 0.1) is 6.92 Å². The second kappa shape index (κ2) is 10.5. The van der Waals surface area contributed by atoms with Crippen LogP contribution in [-0.2, 0) is 4.79 Å². The molecule has 0 unspecified atom stereocenters. The Kier molecular flexibility index (Phi) is 7.22. The zero-order chi connectivity index (χ0) is 23.2.